The largest absolute Gasteiger partial charge is 0.390 e. The van der Waals surface area contributed by atoms with Gasteiger partial charge >= 0.3 is 0 Å². The molecule has 5 nitrogen and oxygen atoms in total. The summed E-state index contributed by atoms with van der Waals surface area (Å²) in [4.78, 5) is 6.50. The molecule has 1 heterocycles. The molecule has 0 amide bonds. The molecular weight excluding hydrogens is 427 g/mol. The van der Waals surface area contributed by atoms with E-state index in [1.165, 1.54) is 11.1 Å². The second-order valence-corrected chi connectivity index (χ2v) is 6.12. The highest BCUT2D eigenvalue weighted by atomic mass is 127. The van der Waals surface area contributed by atoms with Crippen LogP contribution in [0.1, 0.15) is 11.1 Å². The fraction of sp³-hybridized carbons (Fsp3) is 0.316. The van der Waals surface area contributed by atoms with Gasteiger partial charge in [0.25, 0.3) is 0 Å². The van der Waals surface area contributed by atoms with E-state index in [1.807, 2.05) is 30.3 Å². The molecule has 2 aromatic rings. The molecule has 0 aromatic heterocycles. The Morgan fingerprint density at radius 2 is 1.80 bits per heavy atom. The number of anilines is 1. The van der Waals surface area contributed by atoms with E-state index < -0.39 is 6.10 Å². The van der Waals surface area contributed by atoms with E-state index in [1.54, 1.807) is 0 Å². The first-order valence-corrected chi connectivity index (χ1v) is 8.30. The van der Waals surface area contributed by atoms with Gasteiger partial charge in [-0.3, -0.25) is 9.89 Å². The minimum absolute atomic E-state index is 0. The zero-order valence-electron chi connectivity index (χ0n) is 14.1. The quantitative estimate of drug-likeness (QED) is 0.370. The van der Waals surface area contributed by atoms with Gasteiger partial charge in [-0.1, -0.05) is 42.5 Å². The molecular formula is C19H25IN4O. The topological polar surface area (TPSA) is 73.9 Å². The maximum Gasteiger partial charge on any atom is 0.193 e. The highest BCUT2D eigenvalue weighted by Crippen LogP contribution is 2.18. The van der Waals surface area contributed by atoms with Gasteiger partial charge in [-0.15, -0.1) is 24.0 Å². The lowest BCUT2D eigenvalue weighted by Crippen LogP contribution is -2.38. The van der Waals surface area contributed by atoms with Crippen LogP contribution in [0.3, 0.4) is 0 Å². The number of hydrogen-bond acceptors (Lipinski definition) is 3. The van der Waals surface area contributed by atoms with Crippen LogP contribution in [-0.4, -0.2) is 41.7 Å². The van der Waals surface area contributed by atoms with Gasteiger partial charge in [0.15, 0.2) is 5.96 Å². The number of para-hydroxylation sites is 1. The van der Waals surface area contributed by atoms with E-state index in [0.29, 0.717) is 19.0 Å². The van der Waals surface area contributed by atoms with E-state index in [4.69, 9.17) is 5.73 Å². The van der Waals surface area contributed by atoms with Crippen molar-refractivity contribution in [1.82, 2.24) is 4.90 Å². The van der Waals surface area contributed by atoms with Gasteiger partial charge in [-0.05, 0) is 29.7 Å². The molecule has 0 saturated carbocycles. The highest BCUT2D eigenvalue weighted by Gasteiger charge is 2.18. The SMILES string of the molecule is I.NC(=NCC(O)CN1CCc2ccccc2C1)Nc1ccccc1. The van der Waals surface area contributed by atoms with E-state index in [9.17, 15) is 5.11 Å². The molecule has 134 valence electrons. The first-order chi connectivity index (χ1) is 11.7. The predicted octanol–water partition coefficient (Wildman–Crippen LogP) is 2.45. The number of nitrogens with two attached hydrogens (primary N) is 1. The molecule has 1 unspecified atom stereocenters. The number of nitrogens with one attached hydrogen (secondary N) is 1. The van der Waals surface area contributed by atoms with Crippen molar-refractivity contribution >= 4 is 35.6 Å². The van der Waals surface area contributed by atoms with Crippen LogP contribution in [0.2, 0.25) is 0 Å². The average molecular weight is 452 g/mol. The summed E-state index contributed by atoms with van der Waals surface area (Å²) in [6.45, 7) is 2.75. The number of aliphatic hydroxyl groups excluding tert-OH is 1. The Balaban J connectivity index is 0.00000225. The minimum atomic E-state index is -0.522. The van der Waals surface area contributed by atoms with Crippen LogP contribution in [0.5, 0.6) is 0 Å². The number of β-amino-alcohol motifs (C(OH)–C–C–N with tert-alkyl or cyclic N) is 1. The van der Waals surface area contributed by atoms with Crippen molar-refractivity contribution in [3.63, 3.8) is 0 Å². The summed E-state index contributed by atoms with van der Waals surface area (Å²) in [5.41, 5.74) is 9.52. The number of nitrogens with zero attached hydrogens (tertiary/aromatic N) is 2. The van der Waals surface area contributed by atoms with Gasteiger partial charge in [0.2, 0.25) is 0 Å². The van der Waals surface area contributed by atoms with Crippen molar-refractivity contribution in [3.8, 4) is 0 Å². The Morgan fingerprint density at radius 1 is 1.12 bits per heavy atom. The Bertz CT molecular complexity index is 693. The van der Waals surface area contributed by atoms with Crippen molar-refractivity contribution < 1.29 is 5.11 Å². The Hall–Kier alpha value is -1.64. The Labute approximate surface area is 166 Å². The lowest BCUT2D eigenvalue weighted by molar-refractivity contribution is 0.112. The first kappa shape index (κ1) is 19.7. The number of aliphatic hydroxyl groups is 1. The lowest BCUT2D eigenvalue weighted by atomic mass is 10.00. The molecule has 0 bridgehead atoms. The standard InChI is InChI=1S/C19H24N4O.HI/c20-19(22-17-8-2-1-3-9-17)21-12-18(24)14-23-11-10-15-6-4-5-7-16(15)13-23;/h1-9,18,24H,10-14H2,(H3,20,21,22);1H. The summed E-state index contributed by atoms with van der Waals surface area (Å²) in [5, 5.41) is 13.2. The van der Waals surface area contributed by atoms with Crippen molar-refractivity contribution in [3.05, 3.63) is 65.7 Å². The summed E-state index contributed by atoms with van der Waals surface area (Å²) in [6, 6.07) is 18.1. The summed E-state index contributed by atoms with van der Waals surface area (Å²) >= 11 is 0. The number of hydrogen-bond donors (Lipinski definition) is 3. The summed E-state index contributed by atoms with van der Waals surface area (Å²) in [7, 11) is 0. The predicted molar refractivity (Wildman–Crippen MR) is 113 cm³/mol. The maximum atomic E-state index is 10.2. The lowest BCUT2D eigenvalue weighted by Gasteiger charge is -2.30. The highest BCUT2D eigenvalue weighted by molar-refractivity contribution is 14.0. The normalized spacial score (nSPS) is 15.8. The fourth-order valence-corrected chi connectivity index (χ4v) is 2.98. The Kier molecular flexibility index (Phi) is 7.67. The van der Waals surface area contributed by atoms with Gasteiger partial charge < -0.3 is 16.2 Å². The van der Waals surface area contributed by atoms with E-state index >= 15 is 0 Å². The third-order valence-electron chi connectivity index (χ3n) is 4.20. The number of fused-ring (bicyclic) bond motifs is 1. The molecule has 6 heteroatoms. The second kappa shape index (κ2) is 9.74. The van der Waals surface area contributed by atoms with Crippen LogP contribution < -0.4 is 11.1 Å². The number of aliphatic imine (C=N–C) groups is 1. The molecule has 0 saturated heterocycles. The molecule has 4 N–H and O–H groups in total. The van der Waals surface area contributed by atoms with Crippen LogP contribution in [0.25, 0.3) is 0 Å². The smallest absolute Gasteiger partial charge is 0.193 e. The molecule has 3 rings (SSSR count). The third kappa shape index (κ3) is 5.98. The van der Waals surface area contributed by atoms with Crippen molar-refractivity contribution in [2.75, 3.05) is 25.0 Å². The van der Waals surface area contributed by atoms with Crippen LogP contribution in [0.15, 0.2) is 59.6 Å². The number of guanidine groups is 1. The van der Waals surface area contributed by atoms with Crippen LogP contribution in [0.4, 0.5) is 5.69 Å². The van der Waals surface area contributed by atoms with Gasteiger partial charge in [0.1, 0.15) is 0 Å². The molecule has 0 fully saturated rings. The van der Waals surface area contributed by atoms with Gasteiger partial charge in [0.05, 0.1) is 12.6 Å². The van der Waals surface area contributed by atoms with E-state index in [-0.39, 0.29) is 24.0 Å². The summed E-state index contributed by atoms with van der Waals surface area (Å²) in [6.07, 6.45) is 0.510. The molecule has 1 aliphatic heterocycles. The fourth-order valence-electron chi connectivity index (χ4n) is 2.98. The summed E-state index contributed by atoms with van der Waals surface area (Å²) in [5.74, 6) is 0.323. The van der Waals surface area contributed by atoms with Gasteiger partial charge in [-0.25, -0.2) is 0 Å². The average Bonchev–Trinajstić information content (AvgIpc) is 2.61. The van der Waals surface area contributed by atoms with Crippen LogP contribution in [-0.2, 0) is 13.0 Å². The Morgan fingerprint density at radius 3 is 2.56 bits per heavy atom. The number of benzene rings is 2. The maximum absolute atomic E-state index is 10.2. The van der Waals surface area contributed by atoms with Crippen LogP contribution >= 0.6 is 24.0 Å². The van der Waals surface area contributed by atoms with E-state index in [2.05, 4.69) is 39.5 Å². The third-order valence-corrected chi connectivity index (χ3v) is 4.20. The van der Waals surface area contributed by atoms with Gasteiger partial charge in [0, 0.05) is 25.3 Å². The molecule has 2 aromatic carbocycles. The zero-order valence-corrected chi connectivity index (χ0v) is 16.5. The molecule has 0 radical (unpaired) electrons. The van der Waals surface area contributed by atoms with Crippen LogP contribution in [0, 0.1) is 0 Å². The summed E-state index contributed by atoms with van der Waals surface area (Å²) < 4.78 is 0. The molecule has 0 aliphatic carbocycles. The molecule has 1 aliphatic rings. The van der Waals surface area contributed by atoms with E-state index in [0.717, 1.165) is 25.2 Å². The molecule has 25 heavy (non-hydrogen) atoms. The second-order valence-electron chi connectivity index (χ2n) is 6.12. The van der Waals surface area contributed by atoms with Crippen molar-refractivity contribution in [2.24, 2.45) is 10.7 Å². The monoisotopic (exact) mass is 452 g/mol. The first-order valence-electron chi connectivity index (χ1n) is 8.30. The van der Waals surface area contributed by atoms with Crippen molar-refractivity contribution in [2.45, 2.75) is 19.1 Å². The molecule has 1 atom stereocenters. The number of halogens is 1. The van der Waals surface area contributed by atoms with Crippen molar-refractivity contribution in [1.29, 1.82) is 0 Å². The minimum Gasteiger partial charge on any atom is -0.390 e. The molecule has 0 spiro atoms. The zero-order chi connectivity index (χ0) is 16.8. The van der Waals surface area contributed by atoms with Gasteiger partial charge in [-0.2, -0.15) is 0 Å². The number of rotatable bonds is 5.